The van der Waals surface area contributed by atoms with Gasteiger partial charge in [-0.05, 0) is 17.7 Å². The van der Waals surface area contributed by atoms with Gasteiger partial charge >= 0.3 is 0 Å². The number of alkyl halides is 1. The molecular formula is C15H11BrClNO3. The molecule has 0 saturated heterocycles. The summed E-state index contributed by atoms with van der Waals surface area (Å²) in [6.07, 6.45) is 0. The molecule has 1 heterocycles. The highest BCUT2D eigenvalue weighted by Crippen LogP contribution is 2.39. The van der Waals surface area contributed by atoms with E-state index in [1.54, 1.807) is 24.3 Å². The van der Waals surface area contributed by atoms with Gasteiger partial charge in [0.15, 0.2) is 11.5 Å². The molecule has 1 amide bonds. The third-order valence-corrected chi connectivity index (χ3v) is 4.04. The van der Waals surface area contributed by atoms with Gasteiger partial charge in [0.25, 0.3) is 5.91 Å². The number of carbonyl (C=O) groups excluding carboxylic acids is 1. The van der Waals surface area contributed by atoms with E-state index in [0.717, 1.165) is 10.9 Å². The fourth-order valence-corrected chi connectivity index (χ4v) is 2.53. The van der Waals surface area contributed by atoms with Crippen LogP contribution >= 0.6 is 27.5 Å². The van der Waals surface area contributed by atoms with Gasteiger partial charge < -0.3 is 14.8 Å². The van der Waals surface area contributed by atoms with Crippen LogP contribution in [0.4, 0.5) is 5.69 Å². The van der Waals surface area contributed by atoms with Crippen molar-refractivity contribution in [2.24, 2.45) is 0 Å². The van der Waals surface area contributed by atoms with Crippen LogP contribution in [0.2, 0.25) is 5.02 Å². The summed E-state index contributed by atoms with van der Waals surface area (Å²) in [5.74, 6) is 0.931. The highest BCUT2D eigenvalue weighted by Gasteiger charge is 2.18. The number of hydrogen-bond donors (Lipinski definition) is 1. The van der Waals surface area contributed by atoms with Gasteiger partial charge in [-0.25, -0.2) is 0 Å². The summed E-state index contributed by atoms with van der Waals surface area (Å²) in [6.45, 7) is 0.164. The molecular weight excluding hydrogens is 358 g/mol. The SMILES string of the molecule is O=C(Nc1cc2c(cc1Cl)OCO2)c1ccc(CBr)cc1. The zero-order chi connectivity index (χ0) is 14.8. The number of ether oxygens (including phenoxy) is 2. The van der Waals surface area contributed by atoms with Crippen molar-refractivity contribution in [2.75, 3.05) is 12.1 Å². The fraction of sp³-hybridized carbons (Fsp3) is 0.133. The number of benzene rings is 2. The van der Waals surface area contributed by atoms with Crippen LogP contribution in [-0.2, 0) is 5.33 Å². The highest BCUT2D eigenvalue weighted by atomic mass is 79.9. The topological polar surface area (TPSA) is 47.6 Å². The quantitative estimate of drug-likeness (QED) is 0.825. The zero-order valence-electron chi connectivity index (χ0n) is 10.9. The first kappa shape index (κ1) is 14.2. The van der Waals surface area contributed by atoms with Gasteiger partial charge in [-0.2, -0.15) is 0 Å². The lowest BCUT2D eigenvalue weighted by Gasteiger charge is -2.09. The molecule has 21 heavy (non-hydrogen) atoms. The Hall–Kier alpha value is -1.72. The van der Waals surface area contributed by atoms with Gasteiger partial charge in [0.1, 0.15) is 0 Å². The van der Waals surface area contributed by atoms with Crippen LogP contribution < -0.4 is 14.8 Å². The first-order valence-electron chi connectivity index (χ1n) is 6.23. The van der Waals surface area contributed by atoms with E-state index in [1.807, 2.05) is 12.1 Å². The van der Waals surface area contributed by atoms with Gasteiger partial charge in [0, 0.05) is 23.0 Å². The van der Waals surface area contributed by atoms with E-state index < -0.39 is 0 Å². The standard InChI is InChI=1S/C15H11BrClNO3/c16-7-9-1-3-10(4-2-9)15(19)18-12-6-14-13(5-11(12)17)20-8-21-14/h1-6H,7-8H2,(H,18,19). The summed E-state index contributed by atoms with van der Waals surface area (Å²) < 4.78 is 10.5. The Morgan fingerprint density at radius 2 is 1.86 bits per heavy atom. The summed E-state index contributed by atoms with van der Waals surface area (Å²) in [5.41, 5.74) is 2.16. The number of fused-ring (bicyclic) bond motifs is 1. The average Bonchev–Trinajstić information content (AvgIpc) is 2.94. The number of amides is 1. The van der Waals surface area contributed by atoms with Crippen molar-refractivity contribution >= 4 is 39.1 Å². The van der Waals surface area contributed by atoms with E-state index >= 15 is 0 Å². The van der Waals surface area contributed by atoms with Crippen molar-refractivity contribution in [2.45, 2.75) is 5.33 Å². The van der Waals surface area contributed by atoms with Gasteiger partial charge in [-0.15, -0.1) is 0 Å². The lowest BCUT2D eigenvalue weighted by atomic mass is 10.1. The van der Waals surface area contributed by atoms with E-state index in [-0.39, 0.29) is 12.7 Å². The number of halogens is 2. The Morgan fingerprint density at radius 3 is 2.52 bits per heavy atom. The van der Waals surface area contributed by atoms with E-state index in [9.17, 15) is 4.79 Å². The molecule has 0 saturated carbocycles. The molecule has 4 nitrogen and oxygen atoms in total. The molecule has 0 atom stereocenters. The zero-order valence-corrected chi connectivity index (χ0v) is 13.2. The maximum atomic E-state index is 12.2. The van der Waals surface area contributed by atoms with Crippen molar-refractivity contribution in [1.29, 1.82) is 0 Å². The molecule has 0 aromatic heterocycles. The predicted molar refractivity (Wildman–Crippen MR) is 84.6 cm³/mol. The summed E-state index contributed by atoms with van der Waals surface area (Å²) >= 11 is 9.50. The largest absolute Gasteiger partial charge is 0.454 e. The van der Waals surface area contributed by atoms with Crippen LogP contribution in [0.1, 0.15) is 15.9 Å². The van der Waals surface area contributed by atoms with Crippen LogP contribution in [0.15, 0.2) is 36.4 Å². The summed E-state index contributed by atoms with van der Waals surface area (Å²) in [6, 6.07) is 10.6. The monoisotopic (exact) mass is 367 g/mol. The van der Waals surface area contributed by atoms with Crippen LogP contribution in [0.25, 0.3) is 0 Å². The van der Waals surface area contributed by atoms with Gasteiger partial charge in [0.2, 0.25) is 6.79 Å². The Morgan fingerprint density at radius 1 is 1.19 bits per heavy atom. The van der Waals surface area contributed by atoms with Crippen molar-refractivity contribution in [1.82, 2.24) is 0 Å². The van der Waals surface area contributed by atoms with Gasteiger partial charge in [-0.3, -0.25) is 4.79 Å². The number of carbonyl (C=O) groups is 1. The van der Waals surface area contributed by atoms with Crippen molar-refractivity contribution in [3.05, 3.63) is 52.5 Å². The van der Waals surface area contributed by atoms with E-state index in [2.05, 4.69) is 21.2 Å². The molecule has 0 radical (unpaired) electrons. The van der Waals surface area contributed by atoms with Crippen LogP contribution in [-0.4, -0.2) is 12.7 Å². The second-order valence-electron chi connectivity index (χ2n) is 4.47. The third kappa shape index (κ3) is 2.99. The molecule has 0 fully saturated rings. The van der Waals surface area contributed by atoms with E-state index in [1.165, 1.54) is 0 Å². The summed E-state index contributed by atoms with van der Waals surface area (Å²) in [7, 11) is 0. The second kappa shape index (κ2) is 5.95. The molecule has 108 valence electrons. The van der Waals surface area contributed by atoms with Crippen LogP contribution in [0, 0.1) is 0 Å². The van der Waals surface area contributed by atoms with Crippen LogP contribution in [0.5, 0.6) is 11.5 Å². The van der Waals surface area contributed by atoms with Gasteiger partial charge in [0.05, 0.1) is 10.7 Å². The predicted octanol–water partition coefficient (Wildman–Crippen LogP) is 4.22. The first-order valence-corrected chi connectivity index (χ1v) is 7.73. The molecule has 0 unspecified atom stereocenters. The van der Waals surface area contributed by atoms with Crippen molar-refractivity contribution < 1.29 is 14.3 Å². The number of hydrogen-bond acceptors (Lipinski definition) is 3. The molecule has 0 aliphatic carbocycles. The number of anilines is 1. The lowest BCUT2D eigenvalue weighted by molar-refractivity contribution is 0.102. The first-order chi connectivity index (χ1) is 10.2. The Bertz CT molecular complexity index is 688. The molecule has 3 rings (SSSR count). The minimum absolute atomic E-state index is 0.164. The Kier molecular flexibility index (Phi) is 4.03. The van der Waals surface area contributed by atoms with E-state index in [4.69, 9.17) is 21.1 Å². The maximum Gasteiger partial charge on any atom is 0.255 e. The van der Waals surface area contributed by atoms with Crippen LogP contribution in [0.3, 0.4) is 0 Å². The molecule has 0 bridgehead atoms. The third-order valence-electron chi connectivity index (χ3n) is 3.08. The minimum atomic E-state index is -0.225. The summed E-state index contributed by atoms with van der Waals surface area (Å²) in [5, 5.41) is 3.94. The van der Waals surface area contributed by atoms with Crippen molar-refractivity contribution in [3.8, 4) is 11.5 Å². The molecule has 6 heteroatoms. The smallest absolute Gasteiger partial charge is 0.255 e. The number of rotatable bonds is 3. The second-order valence-corrected chi connectivity index (χ2v) is 5.44. The minimum Gasteiger partial charge on any atom is -0.454 e. The molecule has 1 N–H and O–H groups in total. The molecule has 1 aliphatic heterocycles. The van der Waals surface area contributed by atoms with Crippen molar-refractivity contribution in [3.63, 3.8) is 0 Å². The fourth-order valence-electron chi connectivity index (χ4n) is 1.95. The molecule has 2 aromatic carbocycles. The highest BCUT2D eigenvalue weighted by molar-refractivity contribution is 9.08. The normalized spacial score (nSPS) is 12.3. The molecule has 0 spiro atoms. The number of nitrogens with one attached hydrogen (secondary N) is 1. The average molecular weight is 369 g/mol. The Balaban J connectivity index is 1.81. The lowest BCUT2D eigenvalue weighted by Crippen LogP contribution is -2.12. The Labute approximate surface area is 135 Å². The van der Waals surface area contributed by atoms with Gasteiger partial charge in [-0.1, -0.05) is 39.7 Å². The molecule has 1 aliphatic rings. The summed E-state index contributed by atoms with van der Waals surface area (Å²) in [4.78, 5) is 12.2. The molecule has 2 aromatic rings. The van der Waals surface area contributed by atoms with E-state index in [0.29, 0.717) is 27.8 Å². The maximum absolute atomic E-state index is 12.2.